The average molecular weight is 265 g/mol. The van der Waals surface area contributed by atoms with E-state index in [1.165, 1.54) is 42.0 Å². The fourth-order valence-corrected chi connectivity index (χ4v) is 3.10. The van der Waals surface area contributed by atoms with Crippen LogP contribution >= 0.6 is 0 Å². The molecule has 0 heterocycles. The highest BCUT2D eigenvalue weighted by Crippen LogP contribution is 2.32. The first-order valence-electron chi connectivity index (χ1n) is 7.79. The zero-order valence-corrected chi connectivity index (χ0v) is 12.2. The number of allylic oxidation sites excluding steroid dienone is 1. The molecule has 0 aromatic heterocycles. The van der Waals surface area contributed by atoms with Crippen LogP contribution in [0.1, 0.15) is 44.2 Å². The van der Waals surface area contributed by atoms with Crippen LogP contribution in [0.4, 0.5) is 0 Å². The van der Waals surface area contributed by atoms with Gasteiger partial charge in [-0.05, 0) is 54.6 Å². The van der Waals surface area contributed by atoms with E-state index in [0.29, 0.717) is 6.04 Å². The van der Waals surface area contributed by atoms with Crippen LogP contribution in [0.5, 0.6) is 0 Å². The first kappa shape index (κ1) is 13.4. The van der Waals surface area contributed by atoms with Gasteiger partial charge in [0.25, 0.3) is 0 Å². The summed E-state index contributed by atoms with van der Waals surface area (Å²) in [4.78, 5) is 0. The maximum atomic E-state index is 3.72. The van der Waals surface area contributed by atoms with Crippen molar-refractivity contribution >= 4 is 10.8 Å². The van der Waals surface area contributed by atoms with E-state index in [4.69, 9.17) is 0 Å². The average Bonchev–Trinajstić information content (AvgIpc) is 3.02. The van der Waals surface area contributed by atoms with Gasteiger partial charge in [0.15, 0.2) is 0 Å². The van der Waals surface area contributed by atoms with E-state index in [0.717, 1.165) is 6.54 Å². The van der Waals surface area contributed by atoms with Gasteiger partial charge in [-0.15, -0.1) is 0 Å². The van der Waals surface area contributed by atoms with Gasteiger partial charge in [0.1, 0.15) is 0 Å². The lowest BCUT2D eigenvalue weighted by atomic mass is 9.95. The summed E-state index contributed by atoms with van der Waals surface area (Å²) >= 11 is 0. The van der Waals surface area contributed by atoms with Crippen molar-refractivity contribution in [2.75, 3.05) is 6.54 Å². The molecule has 1 unspecified atom stereocenters. The molecular formula is C19H23N. The van der Waals surface area contributed by atoms with Crippen molar-refractivity contribution < 1.29 is 0 Å². The summed E-state index contributed by atoms with van der Waals surface area (Å²) in [6, 6.07) is 15.9. The molecule has 0 bridgehead atoms. The van der Waals surface area contributed by atoms with E-state index in [2.05, 4.69) is 60.8 Å². The molecule has 0 saturated carbocycles. The van der Waals surface area contributed by atoms with Crippen molar-refractivity contribution in [2.24, 2.45) is 0 Å². The SMILES string of the molecule is CCCNC(C1=CCCC1)c1ccc2ccccc2c1. The number of hydrogen-bond acceptors (Lipinski definition) is 1. The van der Waals surface area contributed by atoms with Crippen LogP contribution in [0.3, 0.4) is 0 Å². The van der Waals surface area contributed by atoms with Crippen molar-refractivity contribution in [3.8, 4) is 0 Å². The molecule has 104 valence electrons. The van der Waals surface area contributed by atoms with E-state index in [1.54, 1.807) is 5.57 Å². The Morgan fingerprint density at radius 2 is 1.95 bits per heavy atom. The zero-order valence-electron chi connectivity index (χ0n) is 12.2. The fourth-order valence-electron chi connectivity index (χ4n) is 3.10. The Balaban J connectivity index is 1.95. The minimum absolute atomic E-state index is 0.405. The Hall–Kier alpha value is -1.60. The third-order valence-corrected chi connectivity index (χ3v) is 4.15. The van der Waals surface area contributed by atoms with E-state index < -0.39 is 0 Å². The van der Waals surface area contributed by atoms with E-state index >= 15 is 0 Å². The molecule has 0 saturated heterocycles. The maximum Gasteiger partial charge on any atom is 0.0536 e. The first-order chi connectivity index (χ1) is 9.88. The zero-order chi connectivity index (χ0) is 13.8. The van der Waals surface area contributed by atoms with Gasteiger partial charge in [-0.2, -0.15) is 0 Å². The van der Waals surface area contributed by atoms with E-state index in [1.807, 2.05) is 0 Å². The fraction of sp³-hybridized carbons (Fsp3) is 0.368. The third-order valence-electron chi connectivity index (χ3n) is 4.15. The van der Waals surface area contributed by atoms with Crippen molar-refractivity contribution in [2.45, 2.75) is 38.6 Å². The summed E-state index contributed by atoms with van der Waals surface area (Å²) in [5.41, 5.74) is 2.99. The normalized spacial score (nSPS) is 16.4. The lowest BCUT2D eigenvalue weighted by Gasteiger charge is -2.21. The molecule has 2 aromatic carbocycles. The predicted octanol–water partition coefficient (Wildman–Crippen LogP) is 4.99. The largest absolute Gasteiger partial charge is 0.307 e. The Morgan fingerprint density at radius 3 is 2.70 bits per heavy atom. The molecule has 1 N–H and O–H groups in total. The van der Waals surface area contributed by atoms with Crippen molar-refractivity contribution in [3.63, 3.8) is 0 Å². The molecule has 20 heavy (non-hydrogen) atoms. The second kappa shape index (κ2) is 6.23. The number of hydrogen-bond donors (Lipinski definition) is 1. The van der Waals surface area contributed by atoms with Gasteiger partial charge in [0.2, 0.25) is 0 Å². The summed E-state index contributed by atoms with van der Waals surface area (Å²) in [5.74, 6) is 0. The van der Waals surface area contributed by atoms with Crippen LogP contribution in [0.2, 0.25) is 0 Å². The smallest absolute Gasteiger partial charge is 0.0536 e. The first-order valence-corrected chi connectivity index (χ1v) is 7.79. The van der Waals surface area contributed by atoms with Crippen LogP contribution in [-0.2, 0) is 0 Å². The van der Waals surface area contributed by atoms with Gasteiger partial charge in [-0.25, -0.2) is 0 Å². The molecule has 0 amide bonds. The minimum atomic E-state index is 0.405. The lowest BCUT2D eigenvalue weighted by molar-refractivity contribution is 0.579. The number of fused-ring (bicyclic) bond motifs is 1. The topological polar surface area (TPSA) is 12.0 Å². The summed E-state index contributed by atoms with van der Waals surface area (Å²) in [6.45, 7) is 3.31. The second-order valence-corrected chi connectivity index (χ2v) is 5.66. The Kier molecular flexibility index (Phi) is 4.17. The molecule has 0 fully saturated rings. The standard InChI is InChI=1S/C19H23N/c1-2-13-20-19(16-8-4-5-9-16)18-12-11-15-7-3-6-10-17(15)14-18/h3,6-8,10-12,14,19-20H,2,4-5,9,13H2,1H3. The number of rotatable bonds is 5. The summed E-state index contributed by atoms with van der Waals surface area (Å²) < 4.78 is 0. The van der Waals surface area contributed by atoms with Crippen LogP contribution in [-0.4, -0.2) is 6.54 Å². The third kappa shape index (κ3) is 2.78. The van der Waals surface area contributed by atoms with Crippen molar-refractivity contribution in [1.29, 1.82) is 0 Å². The highest BCUT2D eigenvalue weighted by atomic mass is 14.9. The second-order valence-electron chi connectivity index (χ2n) is 5.66. The molecule has 3 rings (SSSR count). The van der Waals surface area contributed by atoms with Gasteiger partial charge < -0.3 is 5.32 Å². The predicted molar refractivity (Wildman–Crippen MR) is 86.9 cm³/mol. The quantitative estimate of drug-likeness (QED) is 0.751. The molecule has 0 radical (unpaired) electrons. The number of benzene rings is 2. The summed E-state index contributed by atoms with van der Waals surface area (Å²) in [6.07, 6.45) is 7.41. The van der Waals surface area contributed by atoms with Crippen LogP contribution in [0.25, 0.3) is 10.8 Å². The molecule has 1 aliphatic rings. The Morgan fingerprint density at radius 1 is 1.10 bits per heavy atom. The molecule has 1 heteroatoms. The van der Waals surface area contributed by atoms with Crippen molar-refractivity contribution in [1.82, 2.24) is 5.32 Å². The molecule has 0 aliphatic heterocycles. The lowest BCUT2D eigenvalue weighted by Crippen LogP contribution is -2.23. The molecular weight excluding hydrogens is 242 g/mol. The monoisotopic (exact) mass is 265 g/mol. The molecule has 1 aliphatic carbocycles. The van der Waals surface area contributed by atoms with Gasteiger partial charge in [-0.1, -0.05) is 55.0 Å². The Bertz CT molecular complexity index is 612. The van der Waals surface area contributed by atoms with E-state index in [9.17, 15) is 0 Å². The molecule has 1 atom stereocenters. The van der Waals surface area contributed by atoms with Crippen LogP contribution in [0, 0.1) is 0 Å². The highest BCUT2D eigenvalue weighted by Gasteiger charge is 2.18. The van der Waals surface area contributed by atoms with Crippen molar-refractivity contribution in [3.05, 3.63) is 59.7 Å². The minimum Gasteiger partial charge on any atom is -0.307 e. The molecule has 1 nitrogen and oxygen atoms in total. The summed E-state index contributed by atoms with van der Waals surface area (Å²) in [5, 5.41) is 6.39. The number of nitrogens with one attached hydrogen (secondary N) is 1. The molecule has 0 spiro atoms. The summed E-state index contributed by atoms with van der Waals surface area (Å²) in [7, 11) is 0. The van der Waals surface area contributed by atoms with Crippen LogP contribution < -0.4 is 5.32 Å². The Labute approximate surface area is 121 Å². The molecule has 2 aromatic rings. The van der Waals surface area contributed by atoms with Gasteiger partial charge in [-0.3, -0.25) is 0 Å². The van der Waals surface area contributed by atoms with Gasteiger partial charge in [0, 0.05) is 0 Å². The van der Waals surface area contributed by atoms with Gasteiger partial charge >= 0.3 is 0 Å². The highest BCUT2D eigenvalue weighted by molar-refractivity contribution is 5.83. The van der Waals surface area contributed by atoms with E-state index in [-0.39, 0.29) is 0 Å². The maximum absolute atomic E-state index is 3.72. The van der Waals surface area contributed by atoms with Gasteiger partial charge in [0.05, 0.1) is 6.04 Å². The van der Waals surface area contributed by atoms with Crippen LogP contribution in [0.15, 0.2) is 54.1 Å².